The van der Waals surface area contributed by atoms with Crippen molar-refractivity contribution < 1.29 is 14.7 Å². The van der Waals surface area contributed by atoms with Gasteiger partial charge < -0.3 is 10.0 Å². The fraction of sp³-hybridized carbons (Fsp3) is 0.400. The number of thiophene rings is 1. The van der Waals surface area contributed by atoms with E-state index in [1.165, 1.54) is 16.2 Å². The number of carboxylic acid groups (broad SMARTS) is 1. The van der Waals surface area contributed by atoms with Crippen molar-refractivity contribution in [3.63, 3.8) is 0 Å². The number of halogens is 1. The summed E-state index contributed by atoms with van der Waals surface area (Å²) in [6.07, 6.45) is 0.0893. The lowest BCUT2D eigenvalue weighted by atomic mass is 9.99. The van der Waals surface area contributed by atoms with Crippen LogP contribution in [0.5, 0.6) is 0 Å². The Morgan fingerprint density at radius 1 is 1.62 bits per heavy atom. The molecular formula is C10H10BrNO3S. The van der Waals surface area contributed by atoms with Gasteiger partial charge in [-0.2, -0.15) is 0 Å². The Morgan fingerprint density at radius 2 is 2.31 bits per heavy atom. The standard InChI is InChI=1S/C10H10BrNO3S/c1-12-8(13)4-5(10(14)15)9(12)6-2-3-7(11)16-6/h2-3,5,9H,4H2,1H3,(H,14,15). The molecule has 6 heteroatoms. The third-order valence-corrected chi connectivity index (χ3v) is 4.48. The molecule has 0 aromatic carbocycles. The van der Waals surface area contributed by atoms with Gasteiger partial charge in [0.15, 0.2) is 0 Å². The molecule has 2 rings (SSSR count). The Morgan fingerprint density at radius 3 is 2.81 bits per heavy atom. The molecule has 2 atom stereocenters. The van der Waals surface area contributed by atoms with E-state index in [-0.39, 0.29) is 18.4 Å². The van der Waals surface area contributed by atoms with E-state index in [4.69, 9.17) is 5.11 Å². The highest BCUT2D eigenvalue weighted by molar-refractivity contribution is 9.11. The lowest BCUT2D eigenvalue weighted by Gasteiger charge is -2.21. The van der Waals surface area contributed by atoms with Crippen molar-refractivity contribution in [3.8, 4) is 0 Å². The minimum atomic E-state index is -0.910. The minimum absolute atomic E-state index is 0.0893. The highest BCUT2D eigenvalue weighted by atomic mass is 79.9. The molecule has 0 bridgehead atoms. The highest BCUT2D eigenvalue weighted by Gasteiger charge is 2.43. The first-order valence-corrected chi connectivity index (χ1v) is 6.35. The first-order chi connectivity index (χ1) is 7.50. The summed E-state index contributed by atoms with van der Waals surface area (Å²) in [5.41, 5.74) is 0. The van der Waals surface area contributed by atoms with Crippen LogP contribution in [0.4, 0.5) is 0 Å². The summed E-state index contributed by atoms with van der Waals surface area (Å²) >= 11 is 4.81. The molecule has 1 fully saturated rings. The van der Waals surface area contributed by atoms with Crippen LogP contribution in [-0.4, -0.2) is 28.9 Å². The van der Waals surface area contributed by atoms with E-state index in [0.717, 1.165) is 8.66 Å². The number of likely N-dealkylation sites (tertiary alicyclic amines) is 1. The Bertz CT molecular complexity index is 445. The SMILES string of the molecule is CN1C(=O)CC(C(=O)O)C1c1ccc(Br)s1. The molecule has 2 heterocycles. The predicted octanol–water partition coefficient (Wildman–Crippen LogP) is 2.11. The molecule has 1 aromatic heterocycles. The summed E-state index contributed by atoms with van der Waals surface area (Å²) in [5.74, 6) is -1.66. The van der Waals surface area contributed by atoms with Gasteiger partial charge in [-0.25, -0.2) is 0 Å². The number of aliphatic carboxylic acids is 1. The molecule has 16 heavy (non-hydrogen) atoms. The van der Waals surface area contributed by atoms with Crippen LogP contribution < -0.4 is 0 Å². The minimum Gasteiger partial charge on any atom is -0.481 e. The molecule has 86 valence electrons. The topological polar surface area (TPSA) is 57.6 Å². The van der Waals surface area contributed by atoms with Gasteiger partial charge in [0, 0.05) is 18.3 Å². The number of hydrogen-bond acceptors (Lipinski definition) is 3. The lowest BCUT2D eigenvalue weighted by Crippen LogP contribution is -2.26. The van der Waals surface area contributed by atoms with E-state index < -0.39 is 11.9 Å². The van der Waals surface area contributed by atoms with E-state index in [9.17, 15) is 9.59 Å². The normalized spacial score (nSPS) is 25.1. The van der Waals surface area contributed by atoms with Gasteiger partial charge in [-0.05, 0) is 28.1 Å². The average molecular weight is 304 g/mol. The first-order valence-electron chi connectivity index (χ1n) is 4.74. The number of nitrogens with zero attached hydrogens (tertiary/aromatic N) is 1. The maximum atomic E-state index is 11.5. The van der Waals surface area contributed by atoms with Crippen LogP contribution in [0.15, 0.2) is 15.9 Å². The van der Waals surface area contributed by atoms with Crippen LogP contribution in [0.3, 0.4) is 0 Å². The third-order valence-electron chi connectivity index (χ3n) is 2.79. The van der Waals surface area contributed by atoms with Crippen molar-refractivity contribution in [1.29, 1.82) is 0 Å². The third kappa shape index (κ3) is 1.87. The van der Waals surface area contributed by atoms with Gasteiger partial charge in [-0.15, -0.1) is 11.3 Å². The monoisotopic (exact) mass is 303 g/mol. The van der Waals surface area contributed by atoms with Crippen molar-refractivity contribution in [3.05, 3.63) is 20.8 Å². The zero-order chi connectivity index (χ0) is 11.9. The second kappa shape index (κ2) is 4.18. The number of carbonyl (C=O) groups excluding carboxylic acids is 1. The molecule has 1 amide bonds. The van der Waals surface area contributed by atoms with Gasteiger partial charge in [0.05, 0.1) is 15.7 Å². The Kier molecular flexibility index (Phi) is 3.03. The molecule has 2 unspecified atom stereocenters. The van der Waals surface area contributed by atoms with Crippen LogP contribution in [0.1, 0.15) is 17.3 Å². The molecule has 0 radical (unpaired) electrons. The Labute approximate surface area is 105 Å². The Hall–Kier alpha value is -0.880. The van der Waals surface area contributed by atoms with Gasteiger partial charge in [0.1, 0.15) is 0 Å². The molecule has 0 spiro atoms. The van der Waals surface area contributed by atoms with Crippen molar-refractivity contribution in [2.24, 2.45) is 5.92 Å². The van der Waals surface area contributed by atoms with Crippen LogP contribution in [0.25, 0.3) is 0 Å². The summed E-state index contributed by atoms with van der Waals surface area (Å²) in [4.78, 5) is 25.1. The maximum absolute atomic E-state index is 11.5. The van der Waals surface area contributed by atoms with Crippen molar-refractivity contribution >= 4 is 39.1 Å². The fourth-order valence-electron chi connectivity index (χ4n) is 1.97. The molecule has 1 N–H and O–H groups in total. The van der Waals surface area contributed by atoms with Gasteiger partial charge in [0.25, 0.3) is 0 Å². The highest BCUT2D eigenvalue weighted by Crippen LogP contribution is 2.40. The zero-order valence-electron chi connectivity index (χ0n) is 8.51. The number of carbonyl (C=O) groups is 2. The molecule has 1 aliphatic rings. The van der Waals surface area contributed by atoms with E-state index in [2.05, 4.69) is 15.9 Å². The molecule has 1 aliphatic heterocycles. The van der Waals surface area contributed by atoms with Crippen LogP contribution in [-0.2, 0) is 9.59 Å². The predicted molar refractivity (Wildman–Crippen MR) is 63.3 cm³/mol. The first kappa shape index (κ1) is 11.6. The summed E-state index contributed by atoms with van der Waals surface area (Å²) in [7, 11) is 1.66. The number of carboxylic acids is 1. The molecular weight excluding hydrogens is 294 g/mol. The lowest BCUT2D eigenvalue weighted by molar-refractivity contribution is -0.142. The number of rotatable bonds is 2. The Balaban J connectivity index is 2.36. The number of amides is 1. The van der Waals surface area contributed by atoms with Crippen LogP contribution >= 0.6 is 27.3 Å². The molecule has 0 saturated carbocycles. The second-order valence-corrected chi connectivity index (χ2v) is 6.23. The van der Waals surface area contributed by atoms with Gasteiger partial charge in [-0.1, -0.05) is 0 Å². The molecule has 0 aliphatic carbocycles. The van der Waals surface area contributed by atoms with E-state index in [0.29, 0.717) is 0 Å². The van der Waals surface area contributed by atoms with Crippen molar-refractivity contribution in [1.82, 2.24) is 4.90 Å². The summed E-state index contributed by atoms with van der Waals surface area (Å²) < 4.78 is 0.944. The van der Waals surface area contributed by atoms with Crippen LogP contribution in [0, 0.1) is 5.92 Å². The summed E-state index contributed by atoms with van der Waals surface area (Å²) in [5, 5.41) is 9.10. The van der Waals surface area contributed by atoms with E-state index >= 15 is 0 Å². The molecule has 4 nitrogen and oxygen atoms in total. The maximum Gasteiger partial charge on any atom is 0.309 e. The molecule has 1 aromatic rings. The largest absolute Gasteiger partial charge is 0.481 e. The van der Waals surface area contributed by atoms with Crippen LogP contribution in [0.2, 0.25) is 0 Å². The van der Waals surface area contributed by atoms with E-state index in [1.807, 2.05) is 12.1 Å². The smallest absolute Gasteiger partial charge is 0.309 e. The second-order valence-electron chi connectivity index (χ2n) is 3.74. The summed E-state index contributed by atoms with van der Waals surface area (Å²) in [6.45, 7) is 0. The van der Waals surface area contributed by atoms with Crippen molar-refractivity contribution in [2.75, 3.05) is 7.05 Å². The van der Waals surface area contributed by atoms with Gasteiger partial charge >= 0.3 is 5.97 Å². The molecule has 1 saturated heterocycles. The number of hydrogen-bond donors (Lipinski definition) is 1. The van der Waals surface area contributed by atoms with E-state index in [1.54, 1.807) is 7.05 Å². The summed E-state index contributed by atoms with van der Waals surface area (Å²) in [6, 6.07) is 3.40. The van der Waals surface area contributed by atoms with Gasteiger partial charge in [-0.3, -0.25) is 9.59 Å². The average Bonchev–Trinajstić information content (AvgIpc) is 2.73. The van der Waals surface area contributed by atoms with Gasteiger partial charge in [0.2, 0.25) is 5.91 Å². The zero-order valence-corrected chi connectivity index (χ0v) is 10.9. The quantitative estimate of drug-likeness (QED) is 0.910. The van der Waals surface area contributed by atoms with Crippen molar-refractivity contribution in [2.45, 2.75) is 12.5 Å². The fourth-order valence-corrected chi connectivity index (χ4v) is 3.60.